The molecule has 0 saturated carbocycles. The summed E-state index contributed by atoms with van der Waals surface area (Å²) in [4.78, 5) is 11.9. The van der Waals surface area contributed by atoms with Crippen LogP contribution in [0.25, 0.3) is 0 Å². The summed E-state index contributed by atoms with van der Waals surface area (Å²) in [6, 6.07) is 9.38. The highest BCUT2D eigenvalue weighted by Gasteiger charge is 2.40. The summed E-state index contributed by atoms with van der Waals surface area (Å²) in [5, 5.41) is 13.0. The van der Waals surface area contributed by atoms with Crippen LogP contribution in [-0.4, -0.2) is 30.3 Å². The van der Waals surface area contributed by atoms with E-state index in [0.717, 1.165) is 12.0 Å². The predicted octanol–water partition coefficient (Wildman–Crippen LogP) is 2.78. The predicted molar refractivity (Wildman–Crippen MR) is 79.8 cm³/mol. The average Bonchev–Trinajstić information content (AvgIpc) is 2.42. The fourth-order valence-electron chi connectivity index (χ4n) is 2.28. The molecular formula is C16H25NO3. The van der Waals surface area contributed by atoms with Crippen LogP contribution in [-0.2, 0) is 15.1 Å². The molecule has 1 atom stereocenters. The van der Waals surface area contributed by atoms with Crippen LogP contribution < -0.4 is 5.32 Å². The van der Waals surface area contributed by atoms with Crippen molar-refractivity contribution in [1.29, 1.82) is 0 Å². The Morgan fingerprint density at radius 1 is 1.30 bits per heavy atom. The highest BCUT2D eigenvalue weighted by Crippen LogP contribution is 2.26. The summed E-state index contributed by atoms with van der Waals surface area (Å²) in [7, 11) is 0. The molecule has 2 N–H and O–H groups in total. The lowest BCUT2D eigenvalue weighted by atomic mass is 9.86. The molecule has 0 radical (unpaired) electrons. The number of carboxylic acid groups (broad SMARTS) is 1. The normalized spacial score (nSPS) is 14.2. The highest BCUT2D eigenvalue weighted by molar-refractivity contribution is 5.80. The second-order valence-electron chi connectivity index (χ2n) is 5.24. The molecule has 0 fully saturated rings. The second-order valence-corrected chi connectivity index (χ2v) is 5.24. The van der Waals surface area contributed by atoms with Gasteiger partial charge in [-0.05, 0) is 25.8 Å². The molecule has 0 bridgehead atoms. The van der Waals surface area contributed by atoms with E-state index in [1.807, 2.05) is 51.1 Å². The Bertz CT molecular complexity index is 405. The number of carbonyl (C=O) groups is 1. The van der Waals surface area contributed by atoms with E-state index >= 15 is 0 Å². The third-order valence-electron chi connectivity index (χ3n) is 3.14. The van der Waals surface area contributed by atoms with Gasteiger partial charge in [0.05, 0.1) is 0 Å². The molecule has 1 rings (SSSR count). The summed E-state index contributed by atoms with van der Waals surface area (Å²) >= 11 is 0. The lowest BCUT2D eigenvalue weighted by Gasteiger charge is -2.33. The Kier molecular flexibility index (Phi) is 6.68. The molecule has 1 unspecified atom stereocenters. The monoisotopic (exact) mass is 279 g/mol. The average molecular weight is 279 g/mol. The molecule has 4 heteroatoms. The molecule has 1 aromatic carbocycles. The minimum Gasteiger partial charge on any atom is -0.480 e. The molecule has 0 heterocycles. The van der Waals surface area contributed by atoms with Crippen LogP contribution in [0.1, 0.15) is 39.2 Å². The van der Waals surface area contributed by atoms with Gasteiger partial charge < -0.3 is 9.84 Å². The molecule has 112 valence electrons. The maximum absolute atomic E-state index is 11.9. The first kappa shape index (κ1) is 16.7. The van der Waals surface area contributed by atoms with Crippen molar-refractivity contribution in [2.75, 3.05) is 13.2 Å². The standard InChI is InChI=1S/C16H25NO3/c1-4-11-20-12-10-16(15(18)19,17-13(2)3)14-8-6-5-7-9-14/h5-9,13,17H,4,10-12H2,1-3H3,(H,18,19). The van der Waals surface area contributed by atoms with Gasteiger partial charge in [-0.2, -0.15) is 0 Å². The molecule has 0 spiro atoms. The van der Waals surface area contributed by atoms with Crippen molar-refractivity contribution in [2.24, 2.45) is 0 Å². The second kappa shape index (κ2) is 8.02. The van der Waals surface area contributed by atoms with Crippen LogP contribution in [0.15, 0.2) is 30.3 Å². The Hall–Kier alpha value is -1.39. The third kappa shape index (κ3) is 4.32. The Balaban J connectivity index is 2.99. The molecule has 0 aliphatic rings. The van der Waals surface area contributed by atoms with Crippen LogP contribution in [0.4, 0.5) is 0 Å². The van der Waals surface area contributed by atoms with Crippen LogP contribution in [0.5, 0.6) is 0 Å². The summed E-state index contributed by atoms with van der Waals surface area (Å²) in [6.07, 6.45) is 1.34. The van der Waals surface area contributed by atoms with E-state index in [1.54, 1.807) is 0 Å². The minimum atomic E-state index is -1.09. The number of aliphatic carboxylic acids is 1. The summed E-state index contributed by atoms with van der Waals surface area (Å²) < 4.78 is 5.49. The zero-order chi connectivity index (χ0) is 15.0. The van der Waals surface area contributed by atoms with Gasteiger partial charge in [0.2, 0.25) is 0 Å². The van der Waals surface area contributed by atoms with Gasteiger partial charge in [-0.3, -0.25) is 5.32 Å². The van der Waals surface area contributed by atoms with Gasteiger partial charge in [0.25, 0.3) is 0 Å². The number of ether oxygens (including phenoxy) is 1. The molecule has 0 aliphatic heterocycles. The van der Waals surface area contributed by atoms with Gasteiger partial charge in [0.15, 0.2) is 0 Å². The van der Waals surface area contributed by atoms with E-state index in [0.29, 0.717) is 19.6 Å². The smallest absolute Gasteiger partial charge is 0.328 e. The number of nitrogens with one attached hydrogen (secondary N) is 1. The number of carboxylic acids is 1. The van der Waals surface area contributed by atoms with Gasteiger partial charge in [0, 0.05) is 25.7 Å². The molecule has 0 aromatic heterocycles. The topological polar surface area (TPSA) is 58.6 Å². The van der Waals surface area contributed by atoms with Crippen molar-refractivity contribution in [3.8, 4) is 0 Å². The number of hydrogen-bond donors (Lipinski definition) is 2. The summed E-state index contributed by atoms with van der Waals surface area (Å²) in [6.45, 7) is 7.02. The van der Waals surface area contributed by atoms with E-state index in [1.165, 1.54) is 0 Å². The van der Waals surface area contributed by atoms with E-state index < -0.39 is 11.5 Å². The van der Waals surface area contributed by atoms with Gasteiger partial charge in [-0.25, -0.2) is 4.79 Å². The van der Waals surface area contributed by atoms with Crippen molar-refractivity contribution >= 4 is 5.97 Å². The SMILES string of the molecule is CCCOCCC(NC(C)C)(C(=O)O)c1ccccc1. The van der Waals surface area contributed by atoms with Gasteiger partial charge >= 0.3 is 5.97 Å². The van der Waals surface area contributed by atoms with E-state index in [2.05, 4.69) is 5.32 Å². The Morgan fingerprint density at radius 2 is 1.95 bits per heavy atom. The maximum atomic E-state index is 11.9. The zero-order valence-electron chi connectivity index (χ0n) is 12.6. The molecule has 1 aromatic rings. The van der Waals surface area contributed by atoms with E-state index in [-0.39, 0.29) is 6.04 Å². The molecule has 0 saturated heterocycles. The Labute approximate surface area is 121 Å². The molecule has 0 amide bonds. The number of benzene rings is 1. The first-order chi connectivity index (χ1) is 9.53. The fourth-order valence-corrected chi connectivity index (χ4v) is 2.28. The van der Waals surface area contributed by atoms with Gasteiger partial charge in [-0.15, -0.1) is 0 Å². The largest absolute Gasteiger partial charge is 0.480 e. The third-order valence-corrected chi connectivity index (χ3v) is 3.14. The van der Waals surface area contributed by atoms with Crippen LogP contribution in [0.2, 0.25) is 0 Å². The fraction of sp³-hybridized carbons (Fsp3) is 0.562. The molecule has 0 aliphatic carbocycles. The van der Waals surface area contributed by atoms with E-state index in [9.17, 15) is 9.90 Å². The quantitative estimate of drug-likeness (QED) is 0.682. The molecule has 20 heavy (non-hydrogen) atoms. The summed E-state index contributed by atoms with van der Waals surface area (Å²) in [5.74, 6) is -0.863. The maximum Gasteiger partial charge on any atom is 0.328 e. The number of rotatable bonds is 9. The molecular weight excluding hydrogens is 254 g/mol. The van der Waals surface area contributed by atoms with Crippen molar-refractivity contribution in [1.82, 2.24) is 5.32 Å². The van der Waals surface area contributed by atoms with Crippen LogP contribution >= 0.6 is 0 Å². The van der Waals surface area contributed by atoms with Gasteiger partial charge in [-0.1, -0.05) is 37.3 Å². The van der Waals surface area contributed by atoms with Crippen LogP contribution in [0, 0.1) is 0 Å². The molecule has 4 nitrogen and oxygen atoms in total. The number of hydrogen-bond acceptors (Lipinski definition) is 3. The van der Waals surface area contributed by atoms with Crippen molar-refractivity contribution < 1.29 is 14.6 Å². The van der Waals surface area contributed by atoms with E-state index in [4.69, 9.17) is 4.74 Å². The van der Waals surface area contributed by atoms with Crippen molar-refractivity contribution in [3.05, 3.63) is 35.9 Å². The summed E-state index contributed by atoms with van der Waals surface area (Å²) in [5.41, 5.74) is -0.329. The van der Waals surface area contributed by atoms with Crippen molar-refractivity contribution in [3.63, 3.8) is 0 Å². The highest BCUT2D eigenvalue weighted by atomic mass is 16.5. The lowest BCUT2D eigenvalue weighted by molar-refractivity contribution is -0.146. The lowest BCUT2D eigenvalue weighted by Crippen LogP contribution is -2.52. The first-order valence-corrected chi connectivity index (χ1v) is 7.17. The van der Waals surface area contributed by atoms with Gasteiger partial charge in [0.1, 0.15) is 5.54 Å². The zero-order valence-corrected chi connectivity index (χ0v) is 12.6. The Morgan fingerprint density at radius 3 is 2.45 bits per heavy atom. The van der Waals surface area contributed by atoms with Crippen LogP contribution in [0.3, 0.4) is 0 Å². The minimum absolute atomic E-state index is 0.0671. The van der Waals surface area contributed by atoms with Crippen molar-refractivity contribution in [2.45, 2.75) is 45.2 Å². The first-order valence-electron chi connectivity index (χ1n) is 7.17.